The van der Waals surface area contributed by atoms with Gasteiger partial charge in [0, 0.05) is 45.8 Å². The quantitative estimate of drug-likeness (QED) is 0.377. The van der Waals surface area contributed by atoms with Crippen molar-refractivity contribution < 1.29 is 9.59 Å². The summed E-state index contributed by atoms with van der Waals surface area (Å²) in [5, 5.41) is 7.72. The van der Waals surface area contributed by atoms with Crippen LogP contribution in [0.5, 0.6) is 0 Å². The van der Waals surface area contributed by atoms with E-state index in [4.69, 9.17) is 0 Å². The number of aromatic nitrogens is 2. The minimum Gasteiger partial charge on any atom is -0.322 e. The Bertz CT molecular complexity index is 1360. The van der Waals surface area contributed by atoms with Crippen molar-refractivity contribution in [2.45, 2.75) is 0 Å². The molecule has 0 saturated carbocycles. The Labute approximate surface area is 188 Å². The first kappa shape index (κ1) is 19.7. The van der Waals surface area contributed by atoms with Gasteiger partial charge in [-0.05, 0) is 48.5 Å². The highest BCUT2D eigenvalue weighted by molar-refractivity contribution is 7.15. The van der Waals surface area contributed by atoms with Crippen molar-refractivity contribution in [1.82, 2.24) is 9.38 Å². The number of thiazole rings is 1. The minimum atomic E-state index is -0.221. The molecule has 2 heterocycles. The molecule has 5 rings (SSSR count). The fourth-order valence-electron chi connectivity index (χ4n) is 3.29. The third kappa shape index (κ3) is 4.14. The van der Waals surface area contributed by atoms with Crippen molar-refractivity contribution in [3.8, 4) is 11.3 Å². The zero-order valence-electron chi connectivity index (χ0n) is 16.9. The molecule has 7 heteroatoms. The second kappa shape index (κ2) is 8.49. The largest absolute Gasteiger partial charge is 0.322 e. The third-order valence-corrected chi connectivity index (χ3v) is 5.74. The SMILES string of the molecule is O=C(Nc1ccc(C(=O)Nc2ccc(-c3cn4ccsc4n3)cc2)cc1)c1ccccc1. The van der Waals surface area contributed by atoms with Gasteiger partial charge in [0.15, 0.2) is 4.96 Å². The van der Waals surface area contributed by atoms with Crippen LogP contribution in [0.25, 0.3) is 16.2 Å². The lowest BCUT2D eigenvalue weighted by Crippen LogP contribution is -2.13. The third-order valence-electron chi connectivity index (χ3n) is 4.97. The number of hydrogen-bond acceptors (Lipinski definition) is 4. The predicted molar refractivity (Wildman–Crippen MR) is 127 cm³/mol. The molecule has 0 aliphatic rings. The predicted octanol–water partition coefficient (Wildman–Crippen LogP) is 5.57. The van der Waals surface area contributed by atoms with Gasteiger partial charge in [0.25, 0.3) is 11.8 Å². The topological polar surface area (TPSA) is 75.5 Å². The number of imidazole rings is 1. The number of carbonyl (C=O) groups excluding carboxylic acids is 2. The smallest absolute Gasteiger partial charge is 0.255 e. The maximum atomic E-state index is 12.6. The zero-order chi connectivity index (χ0) is 21.9. The summed E-state index contributed by atoms with van der Waals surface area (Å²) in [6, 6.07) is 23.3. The first-order valence-electron chi connectivity index (χ1n) is 9.96. The molecule has 0 spiro atoms. The molecule has 32 heavy (non-hydrogen) atoms. The number of rotatable bonds is 5. The Hall–Kier alpha value is -4.23. The molecule has 0 radical (unpaired) electrons. The number of carbonyl (C=O) groups is 2. The first-order valence-corrected chi connectivity index (χ1v) is 10.8. The molecule has 2 aromatic heterocycles. The van der Waals surface area contributed by atoms with Gasteiger partial charge in [-0.15, -0.1) is 11.3 Å². The maximum absolute atomic E-state index is 12.6. The molecular formula is C25H18N4O2S. The van der Waals surface area contributed by atoms with E-state index in [1.807, 2.05) is 64.6 Å². The van der Waals surface area contributed by atoms with Gasteiger partial charge in [-0.1, -0.05) is 30.3 Å². The normalized spacial score (nSPS) is 10.8. The number of nitrogens with zero attached hydrogens (tertiary/aromatic N) is 2. The van der Waals surface area contributed by atoms with Gasteiger partial charge in [-0.2, -0.15) is 0 Å². The summed E-state index contributed by atoms with van der Waals surface area (Å²) in [5.41, 5.74) is 4.27. The second-order valence-electron chi connectivity index (χ2n) is 7.15. The van der Waals surface area contributed by atoms with Gasteiger partial charge in [0.2, 0.25) is 0 Å². The number of fused-ring (bicyclic) bond motifs is 1. The summed E-state index contributed by atoms with van der Waals surface area (Å²) in [6.07, 6.45) is 3.96. The standard InChI is InChI=1S/C25H18N4O2S/c30-23(18-4-2-1-3-5-18)26-21-12-8-19(9-13-21)24(31)27-20-10-6-17(7-11-20)22-16-29-14-15-32-25(29)28-22/h1-16H,(H,26,30)(H,27,31). The van der Waals surface area contributed by atoms with Crippen LogP contribution in [0.2, 0.25) is 0 Å². The summed E-state index contributed by atoms with van der Waals surface area (Å²) in [4.78, 5) is 30.4. The lowest BCUT2D eigenvalue weighted by molar-refractivity contribution is 0.102. The molecule has 156 valence electrons. The number of benzene rings is 3. The van der Waals surface area contributed by atoms with Crippen molar-refractivity contribution in [1.29, 1.82) is 0 Å². The van der Waals surface area contributed by atoms with Crippen molar-refractivity contribution in [3.63, 3.8) is 0 Å². The van der Waals surface area contributed by atoms with Crippen molar-refractivity contribution in [2.75, 3.05) is 10.6 Å². The number of nitrogens with one attached hydrogen (secondary N) is 2. The molecule has 2 amide bonds. The molecule has 0 unspecified atom stereocenters. The number of hydrogen-bond donors (Lipinski definition) is 2. The van der Waals surface area contributed by atoms with E-state index in [0.29, 0.717) is 22.5 Å². The summed E-state index contributed by atoms with van der Waals surface area (Å²) >= 11 is 1.59. The van der Waals surface area contributed by atoms with E-state index in [1.165, 1.54) is 0 Å². The lowest BCUT2D eigenvalue weighted by Gasteiger charge is -2.08. The fraction of sp³-hybridized carbons (Fsp3) is 0. The van der Waals surface area contributed by atoms with Crippen LogP contribution in [0.15, 0.2) is 96.6 Å². The van der Waals surface area contributed by atoms with Gasteiger partial charge in [-0.25, -0.2) is 4.98 Å². The molecule has 5 aromatic rings. The van der Waals surface area contributed by atoms with Crippen LogP contribution in [0.3, 0.4) is 0 Å². The molecule has 0 aliphatic carbocycles. The summed E-state index contributed by atoms with van der Waals surface area (Å²) < 4.78 is 1.99. The van der Waals surface area contributed by atoms with Crippen LogP contribution in [-0.2, 0) is 0 Å². The summed E-state index contributed by atoms with van der Waals surface area (Å²) in [5.74, 6) is -0.415. The van der Waals surface area contributed by atoms with Crippen LogP contribution in [0.4, 0.5) is 11.4 Å². The highest BCUT2D eigenvalue weighted by atomic mass is 32.1. The monoisotopic (exact) mass is 438 g/mol. The minimum absolute atomic E-state index is 0.194. The molecule has 3 aromatic carbocycles. The lowest BCUT2D eigenvalue weighted by atomic mass is 10.1. The highest BCUT2D eigenvalue weighted by Crippen LogP contribution is 2.23. The van der Waals surface area contributed by atoms with Crippen molar-refractivity contribution in [3.05, 3.63) is 108 Å². The average molecular weight is 439 g/mol. The van der Waals surface area contributed by atoms with E-state index >= 15 is 0 Å². The van der Waals surface area contributed by atoms with Crippen LogP contribution < -0.4 is 10.6 Å². The fourth-order valence-corrected chi connectivity index (χ4v) is 3.99. The van der Waals surface area contributed by atoms with Crippen LogP contribution >= 0.6 is 11.3 Å². The Balaban J connectivity index is 1.22. The number of amides is 2. The van der Waals surface area contributed by atoms with Gasteiger partial charge in [0.1, 0.15) is 0 Å². The average Bonchev–Trinajstić information content (AvgIpc) is 3.43. The van der Waals surface area contributed by atoms with Gasteiger partial charge in [0.05, 0.1) is 5.69 Å². The molecule has 0 bridgehead atoms. The van der Waals surface area contributed by atoms with Crippen molar-refractivity contribution >= 4 is 39.5 Å². The van der Waals surface area contributed by atoms with Gasteiger partial charge >= 0.3 is 0 Å². The molecule has 0 fully saturated rings. The molecule has 2 N–H and O–H groups in total. The maximum Gasteiger partial charge on any atom is 0.255 e. The molecule has 0 atom stereocenters. The Morgan fingerprint density at radius 2 is 1.34 bits per heavy atom. The Morgan fingerprint density at radius 1 is 0.750 bits per heavy atom. The van der Waals surface area contributed by atoms with Crippen LogP contribution in [0.1, 0.15) is 20.7 Å². The molecular weight excluding hydrogens is 420 g/mol. The van der Waals surface area contributed by atoms with Crippen LogP contribution in [0, 0.1) is 0 Å². The van der Waals surface area contributed by atoms with E-state index in [-0.39, 0.29) is 11.8 Å². The number of anilines is 2. The van der Waals surface area contributed by atoms with Crippen LogP contribution in [-0.4, -0.2) is 21.2 Å². The van der Waals surface area contributed by atoms with E-state index < -0.39 is 0 Å². The Kier molecular flexibility index (Phi) is 5.23. The second-order valence-corrected chi connectivity index (χ2v) is 8.02. The Morgan fingerprint density at radius 3 is 1.97 bits per heavy atom. The summed E-state index contributed by atoms with van der Waals surface area (Å²) in [6.45, 7) is 0. The van der Waals surface area contributed by atoms with E-state index in [2.05, 4.69) is 15.6 Å². The van der Waals surface area contributed by atoms with E-state index in [9.17, 15) is 9.59 Å². The zero-order valence-corrected chi connectivity index (χ0v) is 17.7. The van der Waals surface area contributed by atoms with Gasteiger partial charge in [-0.3, -0.25) is 14.0 Å². The van der Waals surface area contributed by atoms with Gasteiger partial charge < -0.3 is 10.6 Å². The van der Waals surface area contributed by atoms with E-state index in [0.717, 1.165) is 16.2 Å². The molecule has 0 saturated heterocycles. The first-order chi connectivity index (χ1) is 15.7. The van der Waals surface area contributed by atoms with E-state index in [1.54, 1.807) is 47.7 Å². The summed E-state index contributed by atoms with van der Waals surface area (Å²) in [7, 11) is 0. The van der Waals surface area contributed by atoms with Crippen molar-refractivity contribution in [2.24, 2.45) is 0 Å². The molecule has 0 aliphatic heterocycles. The molecule has 6 nitrogen and oxygen atoms in total. The highest BCUT2D eigenvalue weighted by Gasteiger charge is 2.10.